The lowest BCUT2D eigenvalue weighted by Gasteiger charge is -2.39. The summed E-state index contributed by atoms with van der Waals surface area (Å²) in [5, 5.41) is 17.8. The second-order valence-corrected chi connectivity index (χ2v) is 10.1. The van der Waals surface area contributed by atoms with Crippen molar-refractivity contribution in [3.8, 4) is 0 Å². The number of rotatable bonds is 4. The third-order valence-electron chi connectivity index (χ3n) is 6.53. The molecular formula is C27H29N3O4. The Labute approximate surface area is 199 Å². The number of hydrogen-bond donors (Lipinski definition) is 2. The second kappa shape index (κ2) is 8.56. The Kier molecular flexibility index (Phi) is 5.89. The number of hydrogen-bond acceptors (Lipinski definition) is 5. The predicted octanol–water partition coefficient (Wildman–Crippen LogP) is 5.45. The predicted molar refractivity (Wildman–Crippen MR) is 131 cm³/mol. The molecule has 1 aliphatic heterocycles. The fraction of sp³-hybridized carbons (Fsp3) is 0.333. The topological polar surface area (TPSA) is 101 Å². The van der Waals surface area contributed by atoms with E-state index in [0.29, 0.717) is 40.9 Å². The first-order valence-electron chi connectivity index (χ1n) is 11.3. The number of benzene rings is 2. The molecular weight excluding hydrogens is 430 g/mol. The van der Waals surface area contributed by atoms with Gasteiger partial charge in [0.05, 0.1) is 4.92 Å². The van der Waals surface area contributed by atoms with Crippen molar-refractivity contribution in [3.05, 3.63) is 91.8 Å². The van der Waals surface area contributed by atoms with Gasteiger partial charge in [0.1, 0.15) is 0 Å². The van der Waals surface area contributed by atoms with E-state index < -0.39 is 10.8 Å². The lowest BCUT2D eigenvalue weighted by molar-refractivity contribution is -0.384. The van der Waals surface area contributed by atoms with Gasteiger partial charge in [-0.05, 0) is 49.8 Å². The standard InChI is InChI=1S/C27H29N3O4/c1-15-9-10-20(16(2)11-15)29-26(32)23-17(3)28-21-13-27(4,5)14-22(31)25(21)24(23)18-7-6-8-19(12-18)30(33)34/h6-12,24,28H,13-14H2,1-5H3,(H,29,32)/t24-/m1/s1. The van der Waals surface area contributed by atoms with Crippen molar-refractivity contribution in [3.63, 3.8) is 0 Å². The van der Waals surface area contributed by atoms with Crippen molar-refractivity contribution in [2.75, 3.05) is 5.32 Å². The van der Waals surface area contributed by atoms with Gasteiger partial charge in [0.15, 0.2) is 5.78 Å². The molecule has 0 fully saturated rings. The van der Waals surface area contributed by atoms with E-state index in [1.54, 1.807) is 12.1 Å². The van der Waals surface area contributed by atoms with Crippen LogP contribution in [0.25, 0.3) is 0 Å². The number of nitrogens with zero attached hydrogens (tertiary/aromatic N) is 1. The number of aryl methyl sites for hydroxylation is 2. The van der Waals surface area contributed by atoms with Crippen molar-refractivity contribution in [1.82, 2.24) is 5.32 Å². The molecule has 7 nitrogen and oxygen atoms in total. The van der Waals surface area contributed by atoms with Gasteiger partial charge in [-0.2, -0.15) is 0 Å². The Bertz CT molecular complexity index is 1290. The van der Waals surface area contributed by atoms with Gasteiger partial charge in [0.25, 0.3) is 11.6 Å². The third kappa shape index (κ3) is 4.38. The minimum atomic E-state index is -0.689. The number of nitro groups is 1. The molecule has 1 atom stereocenters. The molecule has 1 aliphatic carbocycles. The molecule has 2 aliphatic rings. The van der Waals surface area contributed by atoms with E-state index in [0.717, 1.165) is 16.8 Å². The lowest BCUT2D eigenvalue weighted by atomic mass is 9.68. The Morgan fingerprint density at radius 2 is 1.85 bits per heavy atom. The zero-order valence-electron chi connectivity index (χ0n) is 20.1. The van der Waals surface area contributed by atoms with Crippen LogP contribution in [0.1, 0.15) is 56.2 Å². The molecule has 4 rings (SSSR count). The highest BCUT2D eigenvalue weighted by Gasteiger charge is 2.43. The fourth-order valence-corrected chi connectivity index (χ4v) is 5.03. The van der Waals surface area contributed by atoms with E-state index in [2.05, 4.69) is 10.6 Å². The number of carbonyl (C=O) groups excluding carboxylic acids is 2. The van der Waals surface area contributed by atoms with Gasteiger partial charge in [-0.25, -0.2) is 0 Å². The molecule has 0 unspecified atom stereocenters. The lowest BCUT2D eigenvalue weighted by Crippen LogP contribution is -2.39. The first kappa shape index (κ1) is 23.4. The van der Waals surface area contributed by atoms with E-state index >= 15 is 0 Å². The molecule has 0 saturated carbocycles. The number of ketones is 1. The number of amides is 1. The van der Waals surface area contributed by atoms with Crippen LogP contribution in [-0.4, -0.2) is 16.6 Å². The summed E-state index contributed by atoms with van der Waals surface area (Å²) in [5.74, 6) is -1.07. The summed E-state index contributed by atoms with van der Waals surface area (Å²) < 4.78 is 0. The molecule has 7 heteroatoms. The average molecular weight is 460 g/mol. The van der Waals surface area contributed by atoms with Crippen molar-refractivity contribution in [2.45, 2.75) is 53.4 Å². The number of carbonyl (C=O) groups is 2. The Hall–Kier alpha value is -3.74. The number of anilines is 1. The van der Waals surface area contributed by atoms with E-state index in [1.165, 1.54) is 12.1 Å². The van der Waals surface area contributed by atoms with Crippen LogP contribution in [0, 0.1) is 29.4 Å². The van der Waals surface area contributed by atoms with Gasteiger partial charge in [0.2, 0.25) is 0 Å². The Balaban J connectivity index is 1.84. The molecule has 0 saturated heterocycles. The minimum Gasteiger partial charge on any atom is -0.362 e. The SMILES string of the molecule is CC1=C(C(=O)Nc2ccc(C)cc2C)[C@@H](c2cccc([N+](=O)[O-])c2)C2=C(CC(C)(C)CC2=O)N1. The maximum atomic E-state index is 13.6. The van der Waals surface area contributed by atoms with E-state index in [9.17, 15) is 19.7 Å². The maximum absolute atomic E-state index is 13.6. The first-order chi connectivity index (χ1) is 16.0. The summed E-state index contributed by atoms with van der Waals surface area (Å²) in [7, 11) is 0. The third-order valence-corrected chi connectivity index (χ3v) is 6.53. The summed E-state index contributed by atoms with van der Waals surface area (Å²) in [6, 6.07) is 12.0. The summed E-state index contributed by atoms with van der Waals surface area (Å²) in [5.41, 5.74) is 5.32. The maximum Gasteiger partial charge on any atom is 0.269 e. The van der Waals surface area contributed by atoms with Gasteiger partial charge < -0.3 is 10.6 Å². The number of non-ortho nitro benzene ring substituents is 1. The van der Waals surface area contributed by atoms with Crippen LogP contribution < -0.4 is 10.6 Å². The zero-order valence-corrected chi connectivity index (χ0v) is 20.1. The largest absolute Gasteiger partial charge is 0.362 e. The highest BCUT2D eigenvalue weighted by molar-refractivity contribution is 6.10. The minimum absolute atomic E-state index is 0.0421. The smallest absolute Gasteiger partial charge is 0.269 e. The van der Waals surface area contributed by atoms with Crippen LogP contribution in [0.5, 0.6) is 0 Å². The van der Waals surface area contributed by atoms with Gasteiger partial charge in [-0.15, -0.1) is 0 Å². The molecule has 0 radical (unpaired) electrons. The molecule has 1 heterocycles. The summed E-state index contributed by atoms with van der Waals surface area (Å²) in [6.45, 7) is 9.81. The van der Waals surface area contributed by atoms with Gasteiger partial charge in [-0.1, -0.05) is 43.7 Å². The quantitative estimate of drug-likeness (QED) is 0.467. The molecule has 2 aromatic carbocycles. The number of nitro benzene ring substituents is 1. The van der Waals surface area contributed by atoms with Crippen molar-refractivity contribution < 1.29 is 14.5 Å². The second-order valence-electron chi connectivity index (χ2n) is 10.1. The number of dihydropyridines is 1. The van der Waals surface area contributed by atoms with Gasteiger partial charge in [0, 0.05) is 52.7 Å². The average Bonchev–Trinajstić information content (AvgIpc) is 2.73. The van der Waals surface area contributed by atoms with E-state index in [1.807, 2.05) is 52.8 Å². The van der Waals surface area contributed by atoms with Crippen LogP contribution in [0.15, 0.2) is 65.0 Å². The van der Waals surface area contributed by atoms with Crippen molar-refractivity contribution in [2.24, 2.45) is 5.41 Å². The summed E-state index contributed by atoms with van der Waals surface area (Å²) in [6.07, 6.45) is 1.01. The zero-order chi connectivity index (χ0) is 24.8. The van der Waals surface area contributed by atoms with Crippen molar-refractivity contribution in [1.29, 1.82) is 0 Å². The van der Waals surface area contributed by atoms with Gasteiger partial charge in [-0.3, -0.25) is 19.7 Å². The molecule has 0 spiro atoms. The van der Waals surface area contributed by atoms with Gasteiger partial charge >= 0.3 is 0 Å². The Morgan fingerprint density at radius 3 is 2.53 bits per heavy atom. The van der Waals surface area contributed by atoms with E-state index in [-0.39, 0.29) is 22.8 Å². The van der Waals surface area contributed by atoms with Crippen LogP contribution in [-0.2, 0) is 9.59 Å². The number of nitrogens with one attached hydrogen (secondary N) is 2. The summed E-state index contributed by atoms with van der Waals surface area (Å²) >= 11 is 0. The molecule has 176 valence electrons. The first-order valence-corrected chi connectivity index (χ1v) is 11.3. The van der Waals surface area contributed by atoms with Crippen molar-refractivity contribution >= 4 is 23.1 Å². The highest BCUT2D eigenvalue weighted by atomic mass is 16.6. The molecule has 2 aromatic rings. The van der Waals surface area contributed by atoms with Crippen LogP contribution in [0.4, 0.5) is 11.4 Å². The van der Waals surface area contributed by atoms with E-state index in [4.69, 9.17) is 0 Å². The molecule has 2 N–H and O–H groups in total. The summed E-state index contributed by atoms with van der Waals surface area (Å²) in [4.78, 5) is 38.1. The normalized spacial score (nSPS) is 19.4. The Morgan fingerprint density at radius 1 is 1.12 bits per heavy atom. The van der Waals surface area contributed by atoms with Crippen LogP contribution in [0.2, 0.25) is 0 Å². The fourth-order valence-electron chi connectivity index (χ4n) is 5.03. The molecule has 1 amide bonds. The van der Waals surface area contributed by atoms with Crippen LogP contribution in [0.3, 0.4) is 0 Å². The molecule has 0 bridgehead atoms. The molecule has 0 aromatic heterocycles. The number of Topliss-reactive ketones (excluding diaryl/α,β-unsaturated/α-hetero) is 1. The number of allylic oxidation sites excluding steroid dienone is 3. The van der Waals surface area contributed by atoms with Crippen LogP contribution >= 0.6 is 0 Å². The highest BCUT2D eigenvalue weighted by Crippen LogP contribution is 2.47. The molecule has 34 heavy (non-hydrogen) atoms. The monoisotopic (exact) mass is 459 g/mol.